The summed E-state index contributed by atoms with van der Waals surface area (Å²) in [4.78, 5) is 10.3. The van der Waals surface area contributed by atoms with Crippen molar-refractivity contribution < 1.29 is 19.4 Å². The number of carbonyl (C=O) groups is 1. The minimum Gasteiger partial charge on any atom is -0.450 e. The van der Waals surface area contributed by atoms with Gasteiger partial charge in [-0.05, 0) is 12.8 Å². The van der Waals surface area contributed by atoms with Gasteiger partial charge in [-0.25, -0.2) is 4.79 Å². The van der Waals surface area contributed by atoms with Crippen molar-refractivity contribution in [3.05, 3.63) is 0 Å². The first-order chi connectivity index (χ1) is 6.22. The van der Waals surface area contributed by atoms with E-state index in [1.165, 1.54) is 0 Å². The molecule has 0 radical (unpaired) electrons. The van der Waals surface area contributed by atoms with Gasteiger partial charge in [-0.3, -0.25) is 0 Å². The van der Waals surface area contributed by atoms with Gasteiger partial charge in [0.15, 0.2) is 0 Å². The Morgan fingerprint density at radius 3 is 3.08 bits per heavy atom. The third-order valence-corrected chi connectivity index (χ3v) is 2.33. The lowest BCUT2D eigenvalue weighted by Gasteiger charge is -2.16. The standard InChI is InChI=1S/C8H13ClO4/c9-5-7-4-6(13-8(10)11)2-1-3-12-7/h6-7H,1-5H2,(H,10,11). The fraction of sp³-hybridized carbons (Fsp3) is 0.875. The Kier molecular flexibility index (Phi) is 4.32. The van der Waals surface area contributed by atoms with Gasteiger partial charge in [-0.1, -0.05) is 0 Å². The summed E-state index contributed by atoms with van der Waals surface area (Å²) < 4.78 is 10.0. The van der Waals surface area contributed by atoms with Gasteiger partial charge in [-0.2, -0.15) is 0 Å². The van der Waals surface area contributed by atoms with Crippen LogP contribution in [0.5, 0.6) is 0 Å². The second kappa shape index (κ2) is 5.29. The molecule has 1 fully saturated rings. The van der Waals surface area contributed by atoms with Crippen molar-refractivity contribution in [2.45, 2.75) is 31.5 Å². The van der Waals surface area contributed by atoms with E-state index < -0.39 is 6.16 Å². The first-order valence-electron chi connectivity index (χ1n) is 4.29. The van der Waals surface area contributed by atoms with E-state index in [2.05, 4.69) is 4.74 Å². The number of halogens is 1. The van der Waals surface area contributed by atoms with Crippen molar-refractivity contribution >= 4 is 17.8 Å². The van der Waals surface area contributed by atoms with Crippen LogP contribution in [-0.4, -0.2) is 36.0 Å². The summed E-state index contributed by atoms with van der Waals surface area (Å²) in [6, 6.07) is 0. The lowest BCUT2D eigenvalue weighted by Crippen LogP contribution is -2.23. The van der Waals surface area contributed by atoms with Crippen molar-refractivity contribution in [3.8, 4) is 0 Å². The highest BCUT2D eigenvalue weighted by Gasteiger charge is 2.22. The highest BCUT2D eigenvalue weighted by atomic mass is 35.5. The molecule has 1 aliphatic heterocycles. The molecule has 0 aromatic carbocycles. The summed E-state index contributed by atoms with van der Waals surface area (Å²) in [5, 5.41) is 8.42. The molecule has 2 atom stereocenters. The van der Waals surface area contributed by atoms with Crippen LogP contribution in [0.25, 0.3) is 0 Å². The van der Waals surface area contributed by atoms with Crippen LogP contribution in [0.2, 0.25) is 0 Å². The molecule has 4 nitrogen and oxygen atoms in total. The summed E-state index contributed by atoms with van der Waals surface area (Å²) in [7, 11) is 0. The van der Waals surface area contributed by atoms with Crippen molar-refractivity contribution in [2.75, 3.05) is 12.5 Å². The van der Waals surface area contributed by atoms with Gasteiger partial charge >= 0.3 is 6.16 Å². The second-order valence-corrected chi connectivity index (χ2v) is 3.34. The molecule has 5 heteroatoms. The molecule has 0 spiro atoms. The van der Waals surface area contributed by atoms with Crippen LogP contribution < -0.4 is 0 Å². The van der Waals surface area contributed by atoms with E-state index in [-0.39, 0.29) is 12.2 Å². The molecular weight excluding hydrogens is 196 g/mol. The monoisotopic (exact) mass is 208 g/mol. The average molecular weight is 209 g/mol. The molecule has 13 heavy (non-hydrogen) atoms. The minimum atomic E-state index is -1.22. The van der Waals surface area contributed by atoms with Gasteiger partial charge in [0, 0.05) is 18.9 Å². The maximum absolute atomic E-state index is 10.3. The summed E-state index contributed by atoms with van der Waals surface area (Å²) in [6.07, 6.45) is 0.554. The number of carboxylic acid groups (broad SMARTS) is 1. The zero-order valence-electron chi connectivity index (χ0n) is 7.24. The maximum Gasteiger partial charge on any atom is 0.506 e. The van der Waals surface area contributed by atoms with Crippen LogP contribution in [0.1, 0.15) is 19.3 Å². The third-order valence-electron chi connectivity index (χ3n) is 1.99. The van der Waals surface area contributed by atoms with E-state index in [1.54, 1.807) is 0 Å². The first-order valence-corrected chi connectivity index (χ1v) is 4.83. The predicted octanol–water partition coefficient (Wildman–Crippen LogP) is 1.86. The molecule has 0 amide bonds. The number of hydrogen-bond acceptors (Lipinski definition) is 3. The lowest BCUT2D eigenvalue weighted by molar-refractivity contribution is 0.0244. The molecule has 76 valence electrons. The number of hydrogen-bond donors (Lipinski definition) is 1. The molecular formula is C8H13ClO4. The molecule has 1 heterocycles. The van der Waals surface area contributed by atoms with E-state index in [9.17, 15) is 4.79 Å². The highest BCUT2D eigenvalue weighted by molar-refractivity contribution is 6.18. The van der Waals surface area contributed by atoms with Gasteiger partial charge < -0.3 is 14.6 Å². The molecule has 0 aromatic heterocycles. The molecule has 0 bridgehead atoms. The van der Waals surface area contributed by atoms with Gasteiger partial charge in [0.2, 0.25) is 0 Å². The minimum absolute atomic E-state index is 0.0754. The maximum atomic E-state index is 10.3. The van der Waals surface area contributed by atoms with Crippen LogP contribution >= 0.6 is 11.6 Å². The van der Waals surface area contributed by atoms with Crippen LogP contribution in [0.4, 0.5) is 4.79 Å². The fourth-order valence-electron chi connectivity index (χ4n) is 1.40. The average Bonchev–Trinajstić information content (AvgIpc) is 2.28. The molecule has 1 saturated heterocycles. The smallest absolute Gasteiger partial charge is 0.450 e. The molecule has 2 unspecified atom stereocenters. The Hall–Kier alpha value is -0.480. The Labute approximate surface area is 81.8 Å². The molecule has 1 aliphatic rings. The van der Waals surface area contributed by atoms with Crippen LogP contribution in [-0.2, 0) is 9.47 Å². The van der Waals surface area contributed by atoms with E-state index >= 15 is 0 Å². The third kappa shape index (κ3) is 3.83. The van der Waals surface area contributed by atoms with E-state index in [1.807, 2.05) is 0 Å². The fourth-order valence-corrected chi connectivity index (χ4v) is 1.61. The molecule has 1 rings (SSSR count). The number of rotatable bonds is 2. The molecule has 0 saturated carbocycles. The number of alkyl halides is 1. The van der Waals surface area contributed by atoms with E-state index in [4.69, 9.17) is 21.4 Å². The van der Waals surface area contributed by atoms with Gasteiger partial charge in [0.1, 0.15) is 6.10 Å². The highest BCUT2D eigenvalue weighted by Crippen LogP contribution is 2.18. The van der Waals surface area contributed by atoms with Gasteiger partial charge in [-0.15, -0.1) is 11.6 Å². The largest absolute Gasteiger partial charge is 0.506 e. The molecule has 0 aliphatic carbocycles. The van der Waals surface area contributed by atoms with Crippen LogP contribution in [0.15, 0.2) is 0 Å². The van der Waals surface area contributed by atoms with Crippen molar-refractivity contribution in [1.29, 1.82) is 0 Å². The Morgan fingerprint density at radius 2 is 2.46 bits per heavy atom. The number of ether oxygens (including phenoxy) is 2. The summed E-state index contributed by atoms with van der Waals surface area (Å²) in [6.45, 7) is 0.636. The topological polar surface area (TPSA) is 55.8 Å². The second-order valence-electron chi connectivity index (χ2n) is 3.03. The van der Waals surface area contributed by atoms with Crippen LogP contribution in [0, 0.1) is 0 Å². The normalized spacial score (nSPS) is 29.3. The zero-order valence-corrected chi connectivity index (χ0v) is 8.00. The van der Waals surface area contributed by atoms with Crippen LogP contribution in [0.3, 0.4) is 0 Å². The Morgan fingerprint density at radius 1 is 1.69 bits per heavy atom. The first kappa shape index (κ1) is 10.6. The molecule has 0 aromatic rings. The quantitative estimate of drug-likeness (QED) is 0.556. The Balaban J connectivity index is 2.39. The van der Waals surface area contributed by atoms with Crippen molar-refractivity contribution in [2.24, 2.45) is 0 Å². The van der Waals surface area contributed by atoms with Crippen molar-refractivity contribution in [1.82, 2.24) is 0 Å². The predicted molar refractivity (Wildman–Crippen MR) is 47.2 cm³/mol. The summed E-state index contributed by atoms with van der Waals surface area (Å²) in [5.41, 5.74) is 0. The molecule has 1 N–H and O–H groups in total. The van der Waals surface area contributed by atoms with E-state index in [0.29, 0.717) is 18.9 Å². The van der Waals surface area contributed by atoms with Gasteiger partial charge in [0.05, 0.1) is 6.10 Å². The van der Waals surface area contributed by atoms with E-state index in [0.717, 1.165) is 12.8 Å². The van der Waals surface area contributed by atoms with Crippen molar-refractivity contribution in [3.63, 3.8) is 0 Å². The SMILES string of the molecule is O=C(O)OC1CCCOC(CCl)C1. The summed E-state index contributed by atoms with van der Waals surface area (Å²) in [5.74, 6) is 0.388. The lowest BCUT2D eigenvalue weighted by atomic mass is 10.1. The summed E-state index contributed by atoms with van der Waals surface area (Å²) >= 11 is 5.63. The van der Waals surface area contributed by atoms with Gasteiger partial charge in [0.25, 0.3) is 0 Å². The zero-order chi connectivity index (χ0) is 9.68. The Bertz CT molecular complexity index is 174.